The van der Waals surface area contributed by atoms with E-state index in [1.54, 1.807) is 25.2 Å². The van der Waals surface area contributed by atoms with Gasteiger partial charge in [-0.2, -0.15) is 0 Å². The zero-order valence-corrected chi connectivity index (χ0v) is 16.0. The van der Waals surface area contributed by atoms with Crippen LogP contribution in [0.5, 0.6) is 0 Å². The summed E-state index contributed by atoms with van der Waals surface area (Å²) in [6.45, 7) is 3.77. The van der Waals surface area contributed by atoms with Crippen LogP contribution in [0, 0.1) is 0 Å². The number of ether oxygens (including phenoxy) is 1. The Bertz CT molecular complexity index is 816. The number of aromatic amines is 1. The number of hydrogen-bond donors (Lipinski definition) is 3. The molecule has 2 aromatic rings. The summed E-state index contributed by atoms with van der Waals surface area (Å²) in [5.74, 6) is 0.705. The molecule has 0 saturated heterocycles. The highest BCUT2D eigenvalue weighted by atomic mass is 32.2. The number of nitrogens with one attached hydrogen (secondary N) is 3. The van der Waals surface area contributed by atoms with E-state index >= 15 is 0 Å². The Morgan fingerprint density at radius 1 is 1.46 bits per heavy atom. The molecule has 8 nitrogen and oxygen atoms in total. The summed E-state index contributed by atoms with van der Waals surface area (Å²) in [5, 5.41) is 15.1. The van der Waals surface area contributed by atoms with Gasteiger partial charge in [-0.15, -0.1) is 16.4 Å². The first-order valence-electron chi connectivity index (χ1n) is 8.11. The van der Waals surface area contributed by atoms with E-state index in [4.69, 9.17) is 4.74 Å². The fraction of sp³-hybridized carbons (Fsp3) is 0.375. The number of carbonyl (C=O) groups excluding carboxylic acids is 2. The summed E-state index contributed by atoms with van der Waals surface area (Å²) in [4.78, 5) is 29.6. The number of hydrogen-bond acceptors (Lipinski definition) is 7. The van der Waals surface area contributed by atoms with Gasteiger partial charge in [0.25, 0.3) is 0 Å². The average molecular weight is 393 g/mol. The maximum absolute atomic E-state index is 12.2. The Morgan fingerprint density at radius 3 is 3.04 bits per heavy atom. The molecule has 3 rings (SSSR count). The molecule has 0 bridgehead atoms. The van der Waals surface area contributed by atoms with Gasteiger partial charge in [0, 0.05) is 22.7 Å². The molecular formula is C16H19N5O3S2. The summed E-state index contributed by atoms with van der Waals surface area (Å²) in [5.41, 5.74) is 0.947. The molecule has 0 spiro atoms. The number of urea groups is 1. The molecule has 1 aliphatic rings. The summed E-state index contributed by atoms with van der Waals surface area (Å²) in [7, 11) is 0. The van der Waals surface area contributed by atoms with Crippen molar-refractivity contribution < 1.29 is 14.3 Å². The lowest BCUT2D eigenvalue weighted by Gasteiger charge is -2.26. The van der Waals surface area contributed by atoms with Gasteiger partial charge in [0.2, 0.25) is 5.16 Å². The second kappa shape index (κ2) is 8.37. The number of H-pyrrole nitrogens is 1. The van der Waals surface area contributed by atoms with Gasteiger partial charge >= 0.3 is 12.0 Å². The predicted molar refractivity (Wildman–Crippen MR) is 99.0 cm³/mol. The first-order chi connectivity index (χ1) is 12.6. The Hall–Kier alpha value is -2.33. The van der Waals surface area contributed by atoms with Gasteiger partial charge in [-0.25, -0.2) is 14.6 Å². The van der Waals surface area contributed by atoms with Crippen LogP contribution in [0.1, 0.15) is 24.5 Å². The molecule has 0 aliphatic carbocycles. The van der Waals surface area contributed by atoms with Crippen LogP contribution in [0.4, 0.5) is 4.79 Å². The molecule has 2 aromatic heterocycles. The quantitative estimate of drug-likeness (QED) is 0.491. The molecule has 0 saturated carbocycles. The predicted octanol–water partition coefficient (Wildman–Crippen LogP) is 2.07. The SMILES string of the molecule is CCOC(=O)C1=C(CSc2n[nH]c(Cc3cccs3)n2)NC(=O)NC1C. The van der Waals surface area contributed by atoms with E-state index < -0.39 is 12.0 Å². The van der Waals surface area contributed by atoms with Gasteiger partial charge < -0.3 is 15.4 Å². The summed E-state index contributed by atoms with van der Waals surface area (Å²) in [6.07, 6.45) is 0.694. The molecule has 1 atom stereocenters. The van der Waals surface area contributed by atoms with Crippen molar-refractivity contribution >= 4 is 35.1 Å². The number of aromatic nitrogens is 3. The van der Waals surface area contributed by atoms with Crippen molar-refractivity contribution in [2.75, 3.05) is 12.4 Å². The van der Waals surface area contributed by atoms with Crippen molar-refractivity contribution in [1.82, 2.24) is 25.8 Å². The smallest absolute Gasteiger partial charge is 0.337 e. The van der Waals surface area contributed by atoms with Crippen molar-refractivity contribution in [2.24, 2.45) is 0 Å². The second-order valence-electron chi connectivity index (χ2n) is 5.54. The number of rotatable bonds is 7. The van der Waals surface area contributed by atoms with Gasteiger partial charge in [-0.1, -0.05) is 17.8 Å². The van der Waals surface area contributed by atoms with Crippen LogP contribution in [-0.2, 0) is 16.0 Å². The molecule has 1 unspecified atom stereocenters. The third-order valence-electron chi connectivity index (χ3n) is 3.64. The molecule has 2 amide bonds. The number of nitrogens with zero attached hydrogens (tertiary/aromatic N) is 2. The summed E-state index contributed by atoms with van der Waals surface area (Å²) < 4.78 is 5.10. The molecule has 0 aromatic carbocycles. The molecule has 26 heavy (non-hydrogen) atoms. The molecule has 1 aliphatic heterocycles. The number of thioether (sulfide) groups is 1. The van der Waals surface area contributed by atoms with Crippen molar-refractivity contribution in [1.29, 1.82) is 0 Å². The minimum Gasteiger partial charge on any atom is -0.463 e. The van der Waals surface area contributed by atoms with E-state index in [-0.39, 0.29) is 12.6 Å². The van der Waals surface area contributed by atoms with Gasteiger partial charge in [0.05, 0.1) is 18.2 Å². The lowest BCUT2D eigenvalue weighted by Crippen LogP contribution is -2.49. The van der Waals surface area contributed by atoms with Crippen LogP contribution < -0.4 is 10.6 Å². The van der Waals surface area contributed by atoms with E-state index in [0.717, 1.165) is 5.82 Å². The maximum atomic E-state index is 12.2. The zero-order valence-electron chi connectivity index (χ0n) is 14.4. The van der Waals surface area contributed by atoms with Gasteiger partial charge in [0.15, 0.2) is 0 Å². The van der Waals surface area contributed by atoms with Gasteiger partial charge in [-0.05, 0) is 25.3 Å². The average Bonchev–Trinajstić information content (AvgIpc) is 3.25. The van der Waals surface area contributed by atoms with E-state index in [2.05, 4.69) is 25.8 Å². The second-order valence-corrected chi connectivity index (χ2v) is 7.52. The largest absolute Gasteiger partial charge is 0.463 e. The lowest BCUT2D eigenvalue weighted by molar-refractivity contribution is -0.138. The number of thiophene rings is 1. The van der Waals surface area contributed by atoms with Crippen molar-refractivity contribution in [2.45, 2.75) is 31.5 Å². The molecule has 138 valence electrons. The van der Waals surface area contributed by atoms with E-state index in [0.29, 0.717) is 28.6 Å². The first kappa shape index (κ1) is 18.5. The van der Waals surface area contributed by atoms with Crippen LogP contribution in [-0.4, -0.2) is 45.6 Å². The third kappa shape index (κ3) is 4.44. The minimum atomic E-state index is -0.434. The summed E-state index contributed by atoms with van der Waals surface area (Å²) >= 11 is 3.01. The van der Waals surface area contributed by atoms with Crippen LogP contribution in [0.25, 0.3) is 0 Å². The monoisotopic (exact) mass is 393 g/mol. The zero-order chi connectivity index (χ0) is 18.5. The van der Waals surface area contributed by atoms with E-state index in [9.17, 15) is 9.59 Å². The maximum Gasteiger partial charge on any atom is 0.337 e. The third-order valence-corrected chi connectivity index (χ3v) is 5.39. The number of carbonyl (C=O) groups is 2. The normalized spacial score (nSPS) is 17.0. The van der Waals surface area contributed by atoms with Gasteiger partial charge in [0.1, 0.15) is 5.82 Å². The van der Waals surface area contributed by atoms with Crippen molar-refractivity contribution in [3.63, 3.8) is 0 Å². The highest BCUT2D eigenvalue weighted by Gasteiger charge is 2.29. The Labute approximate surface area is 158 Å². The molecule has 0 radical (unpaired) electrons. The van der Waals surface area contributed by atoms with Crippen molar-refractivity contribution in [3.05, 3.63) is 39.5 Å². The molecule has 3 heterocycles. The molecular weight excluding hydrogens is 374 g/mol. The Kier molecular flexibility index (Phi) is 5.94. The fourth-order valence-corrected chi connectivity index (χ4v) is 4.02. The Balaban J connectivity index is 1.69. The van der Waals surface area contributed by atoms with E-state index in [1.165, 1.54) is 16.6 Å². The molecule has 0 fully saturated rings. The molecule has 3 N–H and O–H groups in total. The fourth-order valence-electron chi connectivity index (χ4n) is 2.53. The lowest BCUT2D eigenvalue weighted by atomic mass is 10.1. The highest BCUT2D eigenvalue weighted by molar-refractivity contribution is 7.99. The van der Waals surface area contributed by atoms with Gasteiger partial charge in [-0.3, -0.25) is 5.10 Å². The topological polar surface area (TPSA) is 109 Å². The van der Waals surface area contributed by atoms with Crippen LogP contribution in [0.2, 0.25) is 0 Å². The van der Waals surface area contributed by atoms with Crippen molar-refractivity contribution in [3.8, 4) is 0 Å². The number of amides is 2. The van der Waals surface area contributed by atoms with Crippen LogP contribution in [0.15, 0.2) is 33.9 Å². The van der Waals surface area contributed by atoms with Crippen LogP contribution in [0.3, 0.4) is 0 Å². The first-order valence-corrected chi connectivity index (χ1v) is 9.97. The minimum absolute atomic E-state index is 0.274. The highest BCUT2D eigenvalue weighted by Crippen LogP contribution is 2.22. The number of esters is 1. The van der Waals surface area contributed by atoms with E-state index in [1.807, 2.05) is 17.5 Å². The van der Waals surface area contributed by atoms with Crippen LogP contribution >= 0.6 is 23.1 Å². The Morgan fingerprint density at radius 2 is 2.31 bits per heavy atom. The molecule has 10 heteroatoms. The summed E-state index contributed by atoms with van der Waals surface area (Å²) in [6, 6.07) is 3.29. The standard InChI is InChI=1S/C16H19N5O3S2/c1-3-24-14(22)13-9(2)17-15(23)18-11(13)8-26-16-19-12(20-21-16)7-10-5-4-6-25-10/h4-6,9H,3,7-8H2,1-2H3,(H2,17,18,23)(H,19,20,21).